The first-order valence-electron chi connectivity index (χ1n) is 8.06. The van der Waals surface area contributed by atoms with Crippen LogP contribution < -0.4 is 5.56 Å². The molecule has 0 aliphatic rings. The fourth-order valence-corrected chi connectivity index (χ4v) is 3.28. The summed E-state index contributed by atoms with van der Waals surface area (Å²) in [6.45, 7) is 0. The lowest BCUT2D eigenvalue weighted by Crippen LogP contribution is -2.22. The number of carboxylic acids is 1. The number of carboxylic acid groups (broad SMARTS) is 1. The van der Waals surface area contributed by atoms with Gasteiger partial charge in [-0.2, -0.15) is 0 Å². The predicted octanol–water partition coefficient (Wildman–Crippen LogP) is 3.71. The van der Waals surface area contributed by atoms with Gasteiger partial charge in [0, 0.05) is 11.6 Å². The molecular weight excluding hydrogens is 362 g/mol. The molecule has 0 fully saturated rings. The van der Waals surface area contributed by atoms with E-state index < -0.39 is 5.97 Å². The van der Waals surface area contributed by atoms with E-state index in [0.717, 1.165) is 5.01 Å². The Hall–Kier alpha value is -3.58. The van der Waals surface area contributed by atoms with E-state index in [1.54, 1.807) is 48.7 Å². The summed E-state index contributed by atoms with van der Waals surface area (Å²) < 4.78 is 1.42. The average Bonchev–Trinajstić information content (AvgIpc) is 3.20. The van der Waals surface area contributed by atoms with Gasteiger partial charge in [0.25, 0.3) is 5.56 Å². The van der Waals surface area contributed by atoms with Crippen LogP contribution in [0.5, 0.6) is 0 Å². The topological polar surface area (TPSA) is 85.1 Å². The molecule has 4 rings (SSSR count). The molecule has 0 amide bonds. The highest BCUT2D eigenvalue weighted by atomic mass is 32.1. The molecule has 6 nitrogen and oxygen atoms in total. The minimum Gasteiger partial charge on any atom is -0.478 e. The van der Waals surface area contributed by atoms with Crippen LogP contribution >= 0.6 is 11.3 Å². The van der Waals surface area contributed by atoms with Crippen molar-refractivity contribution in [3.8, 4) is 5.69 Å². The van der Waals surface area contributed by atoms with Gasteiger partial charge < -0.3 is 5.11 Å². The lowest BCUT2D eigenvalue weighted by atomic mass is 10.2. The van der Waals surface area contributed by atoms with Crippen LogP contribution in [0.4, 0.5) is 0 Å². The van der Waals surface area contributed by atoms with Crippen LogP contribution in [-0.4, -0.2) is 25.6 Å². The van der Waals surface area contributed by atoms with Gasteiger partial charge in [0.2, 0.25) is 0 Å². The van der Waals surface area contributed by atoms with E-state index in [1.807, 2.05) is 11.4 Å². The van der Waals surface area contributed by atoms with Crippen molar-refractivity contribution in [3.63, 3.8) is 0 Å². The van der Waals surface area contributed by atoms with Gasteiger partial charge in [-0.1, -0.05) is 18.2 Å². The molecule has 2 aromatic carbocycles. The fourth-order valence-electron chi connectivity index (χ4n) is 2.75. The molecule has 0 aliphatic carbocycles. The Morgan fingerprint density at radius 1 is 1.11 bits per heavy atom. The van der Waals surface area contributed by atoms with E-state index in [2.05, 4.69) is 9.97 Å². The summed E-state index contributed by atoms with van der Waals surface area (Å²) in [5, 5.41) is 12.4. The van der Waals surface area contributed by atoms with Gasteiger partial charge in [0.15, 0.2) is 0 Å². The molecule has 2 aromatic heterocycles. The molecule has 0 saturated carbocycles. The van der Waals surface area contributed by atoms with Crippen molar-refractivity contribution >= 4 is 40.4 Å². The van der Waals surface area contributed by atoms with Gasteiger partial charge in [-0.15, -0.1) is 11.3 Å². The highest BCUT2D eigenvalue weighted by Gasteiger charge is 2.12. The largest absolute Gasteiger partial charge is 0.478 e. The van der Waals surface area contributed by atoms with Crippen LogP contribution in [0, 0.1) is 0 Å². The van der Waals surface area contributed by atoms with Crippen molar-refractivity contribution in [3.05, 3.63) is 86.9 Å². The molecule has 7 heteroatoms. The zero-order valence-corrected chi connectivity index (χ0v) is 14.8. The van der Waals surface area contributed by atoms with Gasteiger partial charge in [-0.05, 0) is 42.5 Å². The zero-order chi connectivity index (χ0) is 18.8. The first-order valence-corrected chi connectivity index (χ1v) is 8.94. The van der Waals surface area contributed by atoms with E-state index in [1.165, 1.54) is 28.0 Å². The monoisotopic (exact) mass is 375 g/mol. The Morgan fingerprint density at radius 3 is 2.74 bits per heavy atom. The maximum Gasteiger partial charge on any atom is 0.335 e. The third-order valence-corrected chi connectivity index (χ3v) is 4.72. The number of hydrogen-bond donors (Lipinski definition) is 1. The summed E-state index contributed by atoms with van der Waals surface area (Å²) in [7, 11) is 0. The van der Waals surface area contributed by atoms with Crippen LogP contribution in [0.3, 0.4) is 0 Å². The van der Waals surface area contributed by atoms with Crippen LogP contribution in [0.2, 0.25) is 0 Å². The zero-order valence-electron chi connectivity index (χ0n) is 13.9. The Morgan fingerprint density at radius 2 is 1.96 bits per heavy atom. The lowest BCUT2D eigenvalue weighted by Gasteiger charge is -2.12. The Labute approximate surface area is 157 Å². The number of nitrogens with zero attached hydrogens (tertiary/aromatic N) is 3. The van der Waals surface area contributed by atoms with Crippen molar-refractivity contribution in [2.24, 2.45) is 0 Å². The van der Waals surface area contributed by atoms with Gasteiger partial charge >= 0.3 is 5.97 Å². The second-order valence-electron chi connectivity index (χ2n) is 5.69. The lowest BCUT2D eigenvalue weighted by molar-refractivity contribution is 0.0697. The summed E-state index contributed by atoms with van der Waals surface area (Å²) >= 11 is 1.47. The normalized spacial score (nSPS) is 11.3. The van der Waals surface area contributed by atoms with Gasteiger partial charge in [-0.25, -0.2) is 14.8 Å². The van der Waals surface area contributed by atoms with E-state index >= 15 is 0 Å². The highest BCUT2D eigenvalue weighted by molar-refractivity contribution is 7.10. The minimum atomic E-state index is -1.06. The smallest absolute Gasteiger partial charge is 0.335 e. The molecule has 27 heavy (non-hydrogen) atoms. The number of thiazole rings is 1. The number of fused-ring (bicyclic) bond motifs is 1. The summed E-state index contributed by atoms with van der Waals surface area (Å²) in [6.07, 6.45) is 5.18. The first-order chi connectivity index (χ1) is 13.1. The molecule has 0 spiro atoms. The molecular formula is C20H13N3O3S. The SMILES string of the molecule is O=C(O)c1cccc(-n2c(/C=C/c3nccs3)nc3ccccc3c2=O)c1. The van der Waals surface area contributed by atoms with Crippen molar-refractivity contribution in [1.29, 1.82) is 0 Å². The number of para-hydroxylation sites is 1. The van der Waals surface area contributed by atoms with E-state index in [0.29, 0.717) is 22.4 Å². The van der Waals surface area contributed by atoms with E-state index in [9.17, 15) is 14.7 Å². The van der Waals surface area contributed by atoms with E-state index in [4.69, 9.17) is 0 Å². The van der Waals surface area contributed by atoms with Crippen molar-refractivity contribution < 1.29 is 9.90 Å². The fraction of sp³-hybridized carbons (Fsp3) is 0. The molecule has 0 aliphatic heterocycles. The van der Waals surface area contributed by atoms with Gasteiger partial charge in [0.05, 0.1) is 22.2 Å². The minimum absolute atomic E-state index is 0.0995. The third kappa shape index (κ3) is 3.28. The summed E-state index contributed by atoms with van der Waals surface area (Å²) in [5.41, 5.74) is 0.855. The Balaban J connectivity index is 1.98. The van der Waals surface area contributed by atoms with Crippen LogP contribution in [-0.2, 0) is 0 Å². The molecule has 4 aromatic rings. The predicted molar refractivity (Wildman–Crippen MR) is 105 cm³/mol. The number of aromatic carboxylic acids is 1. The number of benzene rings is 2. The molecule has 0 radical (unpaired) electrons. The van der Waals surface area contributed by atoms with Crippen molar-refractivity contribution in [2.75, 3.05) is 0 Å². The van der Waals surface area contributed by atoms with Crippen molar-refractivity contribution in [2.45, 2.75) is 0 Å². The van der Waals surface area contributed by atoms with Gasteiger partial charge in [-0.3, -0.25) is 9.36 Å². The second kappa shape index (κ2) is 6.97. The maximum absolute atomic E-state index is 13.1. The third-order valence-electron chi connectivity index (χ3n) is 3.98. The standard InChI is InChI=1S/C20H13N3O3S/c24-19-15-6-1-2-7-16(15)22-17(8-9-18-21-10-11-27-18)23(19)14-5-3-4-13(12-14)20(25)26/h1-12H,(H,25,26)/b9-8+. The van der Waals surface area contributed by atoms with E-state index in [-0.39, 0.29) is 11.1 Å². The summed E-state index contributed by atoms with van der Waals surface area (Å²) in [6, 6.07) is 13.3. The number of aromatic nitrogens is 3. The highest BCUT2D eigenvalue weighted by Crippen LogP contribution is 2.17. The number of rotatable bonds is 4. The number of carbonyl (C=O) groups is 1. The van der Waals surface area contributed by atoms with Gasteiger partial charge in [0.1, 0.15) is 10.8 Å². The quantitative estimate of drug-likeness (QED) is 0.588. The molecule has 1 N–H and O–H groups in total. The molecule has 2 heterocycles. The molecule has 132 valence electrons. The second-order valence-corrected chi connectivity index (χ2v) is 6.61. The first kappa shape index (κ1) is 16.9. The van der Waals surface area contributed by atoms with Crippen LogP contribution in [0.25, 0.3) is 28.7 Å². The average molecular weight is 375 g/mol. The van der Waals surface area contributed by atoms with Crippen molar-refractivity contribution in [1.82, 2.24) is 14.5 Å². The Kier molecular flexibility index (Phi) is 4.35. The summed E-state index contributed by atoms with van der Waals surface area (Å²) in [5.74, 6) is -0.657. The summed E-state index contributed by atoms with van der Waals surface area (Å²) in [4.78, 5) is 33.2. The number of hydrogen-bond acceptors (Lipinski definition) is 5. The molecule has 0 atom stereocenters. The Bertz CT molecular complexity index is 1230. The molecule has 0 unspecified atom stereocenters. The molecule has 0 saturated heterocycles. The van der Waals surface area contributed by atoms with Crippen LogP contribution in [0.15, 0.2) is 64.9 Å². The van der Waals surface area contributed by atoms with Crippen LogP contribution in [0.1, 0.15) is 21.2 Å². The molecule has 0 bridgehead atoms. The maximum atomic E-state index is 13.1.